The first kappa shape index (κ1) is 17.3. The van der Waals surface area contributed by atoms with Gasteiger partial charge in [-0.2, -0.15) is 18.3 Å². The molecule has 4 rings (SSSR count). The summed E-state index contributed by atoms with van der Waals surface area (Å²) in [5.74, 6) is 0. The summed E-state index contributed by atoms with van der Waals surface area (Å²) < 4.78 is 38.8. The average molecular weight is 391 g/mol. The van der Waals surface area contributed by atoms with Crippen molar-refractivity contribution in [3.05, 3.63) is 53.2 Å². The number of fused-ring (bicyclic) bond motifs is 1. The molecule has 0 aliphatic rings. The smallest absolute Gasteiger partial charge is 0.278 e. The van der Waals surface area contributed by atoms with Crippen LogP contribution in [0.15, 0.2) is 36.8 Å². The Morgan fingerprint density at radius 3 is 2.48 bits per heavy atom. The van der Waals surface area contributed by atoms with E-state index in [0.717, 1.165) is 6.07 Å². The van der Waals surface area contributed by atoms with Crippen LogP contribution in [-0.4, -0.2) is 30.1 Å². The standard InChI is InChI=1S/C17H10ClF3N6/c1-8-5-22-7-14(24-8)13-4-12-9(6-23-27-12)15(25-13)11-3-2-10(16(18)26-11)17(19,20)21/h2-7H,1H3,(H,23,27). The van der Waals surface area contributed by atoms with E-state index in [-0.39, 0.29) is 5.69 Å². The van der Waals surface area contributed by atoms with Gasteiger partial charge in [0.15, 0.2) is 0 Å². The Kier molecular flexibility index (Phi) is 4.03. The zero-order valence-corrected chi connectivity index (χ0v) is 14.5. The zero-order chi connectivity index (χ0) is 19.2. The lowest BCUT2D eigenvalue weighted by atomic mass is 10.1. The van der Waals surface area contributed by atoms with Gasteiger partial charge in [0, 0.05) is 11.6 Å². The third kappa shape index (κ3) is 3.21. The number of rotatable bonds is 2. The summed E-state index contributed by atoms with van der Waals surface area (Å²) >= 11 is 5.76. The Morgan fingerprint density at radius 1 is 0.963 bits per heavy atom. The minimum absolute atomic E-state index is 0.196. The van der Waals surface area contributed by atoms with Gasteiger partial charge in [-0.3, -0.25) is 10.1 Å². The third-order valence-corrected chi connectivity index (χ3v) is 4.14. The second-order valence-electron chi connectivity index (χ2n) is 5.77. The van der Waals surface area contributed by atoms with Gasteiger partial charge in [0.25, 0.3) is 0 Å². The molecule has 0 saturated carbocycles. The first-order valence-corrected chi connectivity index (χ1v) is 8.08. The highest BCUT2D eigenvalue weighted by Crippen LogP contribution is 2.36. The van der Waals surface area contributed by atoms with Crippen LogP contribution in [0.3, 0.4) is 0 Å². The van der Waals surface area contributed by atoms with Gasteiger partial charge in [0.05, 0.1) is 40.6 Å². The summed E-state index contributed by atoms with van der Waals surface area (Å²) in [6.45, 7) is 1.79. The molecule has 27 heavy (non-hydrogen) atoms. The number of nitrogens with zero attached hydrogens (tertiary/aromatic N) is 5. The first-order chi connectivity index (χ1) is 12.8. The van der Waals surface area contributed by atoms with Crippen molar-refractivity contribution in [2.75, 3.05) is 0 Å². The van der Waals surface area contributed by atoms with Crippen molar-refractivity contribution in [2.45, 2.75) is 13.1 Å². The number of H-pyrrole nitrogens is 1. The number of alkyl halides is 3. The van der Waals surface area contributed by atoms with Crippen LogP contribution in [-0.2, 0) is 6.18 Å². The fourth-order valence-corrected chi connectivity index (χ4v) is 2.90. The minimum Gasteiger partial charge on any atom is -0.278 e. The van der Waals surface area contributed by atoms with E-state index in [1.165, 1.54) is 12.3 Å². The molecule has 0 atom stereocenters. The van der Waals surface area contributed by atoms with Crippen LogP contribution >= 0.6 is 11.6 Å². The number of pyridine rings is 2. The highest BCUT2D eigenvalue weighted by atomic mass is 35.5. The molecular weight excluding hydrogens is 381 g/mol. The first-order valence-electron chi connectivity index (χ1n) is 7.70. The van der Waals surface area contributed by atoms with Crippen LogP contribution < -0.4 is 0 Å². The van der Waals surface area contributed by atoms with E-state index in [1.807, 2.05) is 0 Å². The molecule has 4 aromatic heterocycles. The molecule has 0 saturated heterocycles. The number of halogens is 4. The van der Waals surface area contributed by atoms with Crippen LogP contribution in [0.5, 0.6) is 0 Å². The zero-order valence-electron chi connectivity index (χ0n) is 13.7. The minimum atomic E-state index is -4.58. The molecule has 1 N–H and O–H groups in total. The van der Waals surface area contributed by atoms with Crippen LogP contribution in [0.1, 0.15) is 11.3 Å². The lowest BCUT2D eigenvalue weighted by Crippen LogP contribution is -2.07. The lowest BCUT2D eigenvalue weighted by Gasteiger charge is -2.10. The largest absolute Gasteiger partial charge is 0.419 e. The number of aryl methyl sites for hydroxylation is 1. The highest BCUT2D eigenvalue weighted by Gasteiger charge is 2.34. The normalized spacial score (nSPS) is 11.9. The van der Waals surface area contributed by atoms with Gasteiger partial charge in [0.2, 0.25) is 0 Å². The van der Waals surface area contributed by atoms with Crippen LogP contribution in [0.4, 0.5) is 13.2 Å². The Labute approximate surface area is 155 Å². The molecule has 0 spiro atoms. The molecule has 0 bridgehead atoms. The van der Waals surface area contributed by atoms with Crippen molar-refractivity contribution in [1.82, 2.24) is 30.1 Å². The topological polar surface area (TPSA) is 80.2 Å². The maximum absolute atomic E-state index is 12.9. The fraction of sp³-hybridized carbons (Fsp3) is 0.118. The van der Waals surface area contributed by atoms with Gasteiger partial charge in [-0.25, -0.2) is 15.0 Å². The van der Waals surface area contributed by atoms with Gasteiger partial charge in [-0.05, 0) is 25.1 Å². The molecule has 136 valence electrons. The fourth-order valence-electron chi connectivity index (χ4n) is 2.64. The molecule has 0 unspecified atom stereocenters. The molecule has 0 fully saturated rings. The van der Waals surface area contributed by atoms with Gasteiger partial charge < -0.3 is 0 Å². The maximum Gasteiger partial charge on any atom is 0.419 e. The molecule has 0 amide bonds. The number of aromatic nitrogens is 6. The summed E-state index contributed by atoms with van der Waals surface area (Å²) in [4.78, 5) is 16.9. The Morgan fingerprint density at radius 2 is 1.78 bits per heavy atom. The second kappa shape index (κ2) is 6.27. The molecule has 10 heteroatoms. The SMILES string of the molecule is Cc1cncc(-c2cc3[nH]ncc3c(-c3ccc(C(F)(F)F)c(Cl)n3)n2)n1. The molecular formula is C17H10ClF3N6. The van der Waals surface area contributed by atoms with E-state index < -0.39 is 16.9 Å². The molecule has 4 aromatic rings. The molecule has 0 aromatic carbocycles. The Balaban J connectivity index is 1.91. The highest BCUT2D eigenvalue weighted by molar-refractivity contribution is 6.30. The van der Waals surface area contributed by atoms with E-state index in [2.05, 4.69) is 30.1 Å². The summed E-state index contributed by atoms with van der Waals surface area (Å²) in [6.07, 6.45) is 0.0986. The Hall–Kier alpha value is -3.07. The quantitative estimate of drug-likeness (QED) is 0.511. The lowest BCUT2D eigenvalue weighted by molar-refractivity contribution is -0.137. The monoisotopic (exact) mass is 390 g/mol. The van der Waals surface area contributed by atoms with E-state index >= 15 is 0 Å². The van der Waals surface area contributed by atoms with E-state index in [9.17, 15) is 13.2 Å². The van der Waals surface area contributed by atoms with Crippen LogP contribution in [0.25, 0.3) is 33.7 Å². The second-order valence-corrected chi connectivity index (χ2v) is 6.12. The van der Waals surface area contributed by atoms with E-state index in [0.29, 0.717) is 33.7 Å². The molecule has 0 aliphatic carbocycles. The maximum atomic E-state index is 12.9. The van der Waals surface area contributed by atoms with Gasteiger partial charge in [0.1, 0.15) is 16.5 Å². The number of hydrogen-bond donors (Lipinski definition) is 1. The summed E-state index contributed by atoms with van der Waals surface area (Å²) in [5, 5.41) is 6.76. The molecule has 0 radical (unpaired) electrons. The molecule has 0 aliphatic heterocycles. The van der Waals surface area contributed by atoms with Crippen molar-refractivity contribution >= 4 is 22.5 Å². The summed E-state index contributed by atoms with van der Waals surface area (Å²) in [7, 11) is 0. The average Bonchev–Trinajstić information content (AvgIpc) is 3.08. The van der Waals surface area contributed by atoms with Crippen molar-refractivity contribution in [3.63, 3.8) is 0 Å². The van der Waals surface area contributed by atoms with Crippen LogP contribution in [0, 0.1) is 6.92 Å². The molecule has 4 heterocycles. The number of nitrogens with one attached hydrogen (secondary N) is 1. The molecule has 6 nitrogen and oxygen atoms in total. The van der Waals surface area contributed by atoms with Gasteiger partial charge in [-0.1, -0.05) is 11.6 Å². The van der Waals surface area contributed by atoms with Crippen molar-refractivity contribution in [3.8, 4) is 22.8 Å². The number of hydrogen-bond acceptors (Lipinski definition) is 5. The predicted octanol–water partition coefficient (Wildman–Crippen LogP) is 4.46. The van der Waals surface area contributed by atoms with Crippen molar-refractivity contribution in [2.24, 2.45) is 0 Å². The van der Waals surface area contributed by atoms with E-state index in [4.69, 9.17) is 11.6 Å². The number of aromatic amines is 1. The van der Waals surface area contributed by atoms with Crippen LogP contribution in [0.2, 0.25) is 5.15 Å². The van der Waals surface area contributed by atoms with Crippen molar-refractivity contribution in [1.29, 1.82) is 0 Å². The predicted molar refractivity (Wildman–Crippen MR) is 92.9 cm³/mol. The summed E-state index contributed by atoms with van der Waals surface area (Å²) in [6, 6.07) is 3.85. The third-order valence-electron chi connectivity index (χ3n) is 3.85. The van der Waals surface area contributed by atoms with Gasteiger partial charge in [-0.15, -0.1) is 0 Å². The van der Waals surface area contributed by atoms with Gasteiger partial charge >= 0.3 is 6.18 Å². The van der Waals surface area contributed by atoms with Crippen molar-refractivity contribution < 1.29 is 13.2 Å². The Bertz CT molecular complexity index is 1160. The van der Waals surface area contributed by atoms with E-state index in [1.54, 1.807) is 25.4 Å². The summed E-state index contributed by atoms with van der Waals surface area (Å²) in [5.41, 5.74) is 1.88.